The van der Waals surface area contributed by atoms with Gasteiger partial charge in [-0.15, -0.1) is 0 Å². The second-order valence-corrected chi connectivity index (χ2v) is 10.3. The molecule has 15 heteroatoms. The fourth-order valence-corrected chi connectivity index (χ4v) is 4.15. The number of amides is 2. The minimum absolute atomic E-state index is 0.223. The molecule has 3 rings (SSSR count). The Balaban J connectivity index is 1.54. The molecule has 1 heterocycles. The molecule has 2 N–H and O–H groups in total. The molecule has 0 fully saturated rings. The Morgan fingerprint density at radius 2 is 1.85 bits per heavy atom. The van der Waals surface area contributed by atoms with Crippen LogP contribution < -0.4 is 19.8 Å². The number of carbonyl (C=O) groups excluding carboxylic acids is 2. The lowest BCUT2D eigenvalue weighted by Gasteiger charge is -2.22. The van der Waals surface area contributed by atoms with E-state index in [0.717, 1.165) is 18.4 Å². The molecule has 0 aliphatic heterocycles. The van der Waals surface area contributed by atoms with Crippen LogP contribution in [0.3, 0.4) is 0 Å². The molecule has 0 aliphatic rings. The summed E-state index contributed by atoms with van der Waals surface area (Å²) in [6.45, 7) is -0.824. The summed E-state index contributed by atoms with van der Waals surface area (Å²) in [5, 5.41) is 5.75. The van der Waals surface area contributed by atoms with Gasteiger partial charge >= 0.3 is 6.18 Å². The molecular formula is C24H22ClF3N4O6S. The van der Waals surface area contributed by atoms with E-state index in [1.165, 1.54) is 12.5 Å². The molecule has 2 aromatic carbocycles. The zero-order valence-corrected chi connectivity index (χ0v) is 21.8. The van der Waals surface area contributed by atoms with Gasteiger partial charge in [0.25, 0.3) is 11.8 Å². The maximum absolute atomic E-state index is 13.2. The normalized spacial score (nSPS) is 11.8. The maximum atomic E-state index is 13.2. The van der Waals surface area contributed by atoms with E-state index in [0.29, 0.717) is 27.4 Å². The molecule has 0 saturated carbocycles. The van der Waals surface area contributed by atoms with Crippen LogP contribution in [0, 0.1) is 0 Å². The molecule has 0 unspecified atom stereocenters. The van der Waals surface area contributed by atoms with E-state index in [2.05, 4.69) is 15.8 Å². The minimum Gasteiger partial charge on any atom is -0.484 e. The van der Waals surface area contributed by atoms with E-state index in [4.69, 9.17) is 20.8 Å². The molecule has 10 nitrogen and oxygen atoms in total. The number of rotatable bonds is 11. The number of furan rings is 1. The first kappa shape index (κ1) is 29.5. The summed E-state index contributed by atoms with van der Waals surface area (Å²) in [5.74, 6) is -0.255. The van der Waals surface area contributed by atoms with Crippen LogP contribution in [0.2, 0.25) is 5.02 Å². The summed E-state index contributed by atoms with van der Waals surface area (Å²) in [6, 6.07) is 12.2. The summed E-state index contributed by atoms with van der Waals surface area (Å²) < 4.78 is 74.9. The van der Waals surface area contributed by atoms with Gasteiger partial charge in [0.1, 0.15) is 18.1 Å². The number of anilines is 1. The lowest BCUT2D eigenvalue weighted by Crippen LogP contribution is -2.39. The molecule has 0 atom stereocenters. The van der Waals surface area contributed by atoms with Gasteiger partial charge in [0.05, 0.1) is 41.6 Å². The Kier molecular flexibility index (Phi) is 9.59. The van der Waals surface area contributed by atoms with Crippen LogP contribution in [0.25, 0.3) is 0 Å². The summed E-state index contributed by atoms with van der Waals surface area (Å²) in [6.07, 6.45) is -1.32. The number of carbonyl (C=O) groups is 2. The second kappa shape index (κ2) is 12.7. The van der Waals surface area contributed by atoms with Crippen LogP contribution in [0.1, 0.15) is 16.9 Å². The average molecular weight is 587 g/mol. The first-order chi connectivity index (χ1) is 18.3. The number of nitrogens with one attached hydrogen (secondary N) is 2. The highest BCUT2D eigenvalue weighted by Crippen LogP contribution is 2.37. The number of hydrogen-bond acceptors (Lipinski definition) is 7. The fourth-order valence-electron chi connectivity index (χ4n) is 3.08. The van der Waals surface area contributed by atoms with E-state index in [1.54, 1.807) is 36.4 Å². The molecule has 0 spiro atoms. The Hall–Kier alpha value is -4.04. The lowest BCUT2D eigenvalue weighted by molar-refractivity contribution is -0.137. The van der Waals surface area contributed by atoms with Crippen molar-refractivity contribution in [3.63, 3.8) is 0 Å². The van der Waals surface area contributed by atoms with Crippen molar-refractivity contribution in [3.05, 3.63) is 82.8 Å². The third kappa shape index (κ3) is 9.04. The molecule has 208 valence electrons. The minimum atomic E-state index is -4.82. The predicted octanol–water partition coefficient (Wildman–Crippen LogP) is 3.56. The molecule has 0 saturated heterocycles. The van der Waals surface area contributed by atoms with Crippen LogP contribution in [0.4, 0.5) is 18.9 Å². The van der Waals surface area contributed by atoms with Crippen molar-refractivity contribution < 1.29 is 40.3 Å². The Bertz CT molecular complexity index is 1430. The zero-order valence-electron chi connectivity index (χ0n) is 20.2. The van der Waals surface area contributed by atoms with Gasteiger partial charge in [0.15, 0.2) is 6.61 Å². The molecule has 0 bridgehead atoms. The lowest BCUT2D eigenvalue weighted by atomic mass is 10.2. The van der Waals surface area contributed by atoms with Crippen molar-refractivity contribution in [2.45, 2.75) is 12.7 Å². The number of sulfonamides is 1. The van der Waals surface area contributed by atoms with Crippen molar-refractivity contribution in [2.24, 2.45) is 5.10 Å². The summed E-state index contributed by atoms with van der Waals surface area (Å²) in [7, 11) is -4.13. The van der Waals surface area contributed by atoms with Gasteiger partial charge < -0.3 is 14.5 Å². The SMILES string of the molecule is CS(=O)(=O)N(CC(=O)N/N=C\c1ccc(OCC(=O)NCc2ccco2)cc1)c1ccc(Cl)c(C(F)(F)F)c1. The number of nitrogens with zero attached hydrogens (tertiary/aromatic N) is 2. The van der Waals surface area contributed by atoms with Gasteiger partial charge in [-0.25, -0.2) is 13.8 Å². The van der Waals surface area contributed by atoms with Crippen molar-refractivity contribution >= 4 is 45.3 Å². The van der Waals surface area contributed by atoms with Crippen LogP contribution in [-0.2, 0) is 32.3 Å². The average Bonchev–Trinajstić information content (AvgIpc) is 3.38. The van der Waals surface area contributed by atoms with E-state index in [9.17, 15) is 31.2 Å². The number of halogens is 4. The molecule has 0 aliphatic carbocycles. The summed E-state index contributed by atoms with van der Waals surface area (Å²) >= 11 is 5.59. The highest BCUT2D eigenvalue weighted by atomic mass is 35.5. The number of ether oxygens (including phenoxy) is 1. The third-order valence-corrected chi connectivity index (χ3v) is 6.39. The number of hydrogen-bond donors (Lipinski definition) is 2. The van der Waals surface area contributed by atoms with Gasteiger partial charge in [-0.2, -0.15) is 18.3 Å². The topological polar surface area (TPSA) is 130 Å². The van der Waals surface area contributed by atoms with Gasteiger partial charge in [-0.1, -0.05) is 11.6 Å². The number of benzene rings is 2. The number of alkyl halides is 3. The summed E-state index contributed by atoms with van der Waals surface area (Å²) in [4.78, 5) is 24.2. The highest BCUT2D eigenvalue weighted by Gasteiger charge is 2.34. The molecule has 0 radical (unpaired) electrons. The molecule has 39 heavy (non-hydrogen) atoms. The van der Waals surface area contributed by atoms with Gasteiger partial charge in [-0.05, 0) is 60.2 Å². The Morgan fingerprint density at radius 3 is 2.46 bits per heavy atom. The van der Waals surface area contributed by atoms with E-state index in [1.807, 2.05) is 0 Å². The Labute approximate surface area is 226 Å². The van der Waals surface area contributed by atoms with Gasteiger partial charge in [0, 0.05) is 0 Å². The third-order valence-electron chi connectivity index (χ3n) is 4.92. The van der Waals surface area contributed by atoms with Crippen LogP contribution in [-0.4, -0.2) is 45.9 Å². The van der Waals surface area contributed by atoms with E-state index >= 15 is 0 Å². The zero-order chi connectivity index (χ0) is 28.6. The maximum Gasteiger partial charge on any atom is 0.417 e. The van der Waals surface area contributed by atoms with Crippen LogP contribution >= 0.6 is 11.6 Å². The molecule has 3 aromatic rings. The van der Waals surface area contributed by atoms with Crippen molar-refractivity contribution in [3.8, 4) is 5.75 Å². The van der Waals surface area contributed by atoms with Crippen LogP contribution in [0.15, 0.2) is 70.4 Å². The standard InChI is InChI=1S/C24H22ClF3N4O6S/c1-39(35,36)32(17-6-9-21(25)20(11-17)24(26,27)28)14-22(33)31-30-12-16-4-7-18(8-5-16)38-15-23(34)29-13-19-3-2-10-37-19/h2-12H,13-15H2,1H3,(H,29,34)(H,31,33)/b30-12-. The monoisotopic (exact) mass is 586 g/mol. The van der Waals surface area contributed by atoms with Gasteiger partial charge in [0.2, 0.25) is 10.0 Å². The van der Waals surface area contributed by atoms with Gasteiger partial charge in [-0.3, -0.25) is 13.9 Å². The van der Waals surface area contributed by atoms with Crippen molar-refractivity contribution in [1.82, 2.24) is 10.7 Å². The Morgan fingerprint density at radius 1 is 1.13 bits per heavy atom. The largest absolute Gasteiger partial charge is 0.484 e. The first-order valence-corrected chi connectivity index (χ1v) is 13.2. The summed E-state index contributed by atoms with van der Waals surface area (Å²) in [5.41, 5.74) is 1.02. The molecule has 2 amide bonds. The smallest absolute Gasteiger partial charge is 0.417 e. The molecule has 1 aromatic heterocycles. The van der Waals surface area contributed by atoms with E-state index in [-0.39, 0.29) is 19.1 Å². The van der Waals surface area contributed by atoms with Crippen molar-refractivity contribution in [1.29, 1.82) is 0 Å². The second-order valence-electron chi connectivity index (χ2n) is 7.94. The van der Waals surface area contributed by atoms with Crippen LogP contribution in [0.5, 0.6) is 5.75 Å². The highest BCUT2D eigenvalue weighted by molar-refractivity contribution is 7.92. The predicted molar refractivity (Wildman–Crippen MR) is 137 cm³/mol. The van der Waals surface area contributed by atoms with Crippen molar-refractivity contribution in [2.75, 3.05) is 23.7 Å². The molecular weight excluding hydrogens is 565 g/mol. The fraction of sp³-hybridized carbons (Fsp3) is 0.208. The quantitative estimate of drug-likeness (QED) is 0.261. The van der Waals surface area contributed by atoms with E-state index < -0.39 is 44.9 Å². The number of hydrazone groups is 1. The first-order valence-electron chi connectivity index (χ1n) is 11.0.